The monoisotopic (exact) mass is 262 g/mol. The van der Waals surface area contributed by atoms with Gasteiger partial charge in [-0.25, -0.2) is 0 Å². The summed E-state index contributed by atoms with van der Waals surface area (Å²) in [7, 11) is 0. The minimum atomic E-state index is -0.124. The summed E-state index contributed by atoms with van der Waals surface area (Å²) in [6.07, 6.45) is 0. The first kappa shape index (κ1) is 12.8. The van der Waals surface area contributed by atoms with E-state index in [0.29, 0.717) is 0 Å². The predicted octanol–water partition coefficient (Wildman–Crippen LogP) is 3.90. The van der Waals surface area contributed by atoms with E-state index >= 15 is 0 Å². The molecule has 0 aliphatic carbocycles. The van der Waals surface area contributed by atoms with E-state index in [1.54, 1.807) is 0 Å². The molecule has 100 valence electrons. The van der Waals surface area contributed by atoms with Crippen LogP contribution in [0, 0.1) is 13.8 Å². The number of rotatable bonds is 2. The molecule has 0 spiro atoms. The van der Waals surface area contributed by atoms with Crippen molar-refractivity contribution in [2.75, 3.05) is 0 Å². The van der Waals surface area contributed by atoms with Crippen molar-refractivity contribution < 1.29 is 0 Å². The van der Waals surface area contributed by atoms with Crippen LogP contribution >= 0.6 is 0 Å². The molecule has 20 heavy (non-hydrogen) atoms. The summed E-state index contributed by atoms with van der Waals surface area (Å²) < 4.78 is 0. The van der Waals surface area contributed by atoms with Gasteiger partial charge in [-0.3, -0.25) is 4.98 Å². The lowest BCUT2D eigenvalue weighted by Crippen LogP contribution is -2.13. The summed E-state index contributed by atoms with van der Waals surface area (Å²) in [5, 5.41) is 1.13. The predicted molar refractivity (Wildman–Crippen MR) is 83.7 cm³/mol. The molecule has 2 heteroatoms. The van der Waals surface area contributed by atoms with E-state index in [0.717, 1.165) is 27.7 Å². The van der Waals surface area contributed by atoms with Gasteiger partial charge in [0.1, 0.15) is 0 Å². The van der Waals surface area contributed by atoms with Gasteiger partial charge in [0.2, 0.25) is 0 Å². The molecule has 1 unspecified atom stereocenters. The Bertz CT molecular complexity index is 762. The number of nitrogens with zero attached hydrogens (tertiary/aromatic N) is 1. The highest BCUT2D eigenvalue weighted by atomic mass is 14.7. The van der Waals surface area contributed by atoms with Crippen molar-refractivity contribution in [3.8, 4) is 0 Å². The summed E-state index contributed by atoms with van der Waals surface area (Å²) in [4.78, 5) is 4.57. The molecule has 1 aromatic heterocycles. The number of hydrogen-bond acceptors (Lipinski definition) is 2. The average Bonchev–Trinajstić information content (AvgIpc) is 2.45. The summed E-state index contributed by atoms with van der Waals surface area (Å²) in [6.45, 7) is 4.10. The Labute approximate surface area is 119 Å². The first-order valence-electron chi connectivity index (χ1n) is 6.83. The first-order valence-corrected chi connectivity index (χ1v) is 6.83. The molecule has 2 N–H and O–H groups in total. The summed E-state index contributed by atoms with van der Waals surface area (Å²) in [6, 6.07) is 18.5. The fourth-order valence-corrected chi connectivity index (χ4v) is 2.64. The lowest BCUT2D eigenvalue weighted by atomic mass is 9.95. The Morgan fingerprint density at radius 2 is 1.75 bits per heavy atom. The van der Waals surface area contributed by atoms with E-state index in [2.05, 4.69) is 48.3 Å². The average molecular weight is 262 g/mol. The van der Waals surface area contributed by atoms with Gasteiger partial charge in [-0.1, -0.05) is 48.0 Å². The molecule has 0 saturated heterocycles. The number of nitrogens with two attached hydrogens (primary N) is 1. The maximum Gasteiger partial charge on any atom is 0.0708 e. The van der Waals surface area contributed by atoms with E-state index in [1.807, 2.05) is 25.1 Å². The van der Waals surface area contributed by atoms with Crippen molar-refractivity contribution in [1.29, 1.82) is 0 Å². The zero-order valence-corrected chi connectivity index (χ0v) is 11.8. The highest BCUT2D eigenvalue weighted by Crippen LogP contribution is 2.27. The van der Waals surface area contributed by atoms with Gasteiger partial charge in [0, 0.05) is 11.1 Å². The number of benzene rings is 2. The van der Waals surface area contributed by atoms with Gasteiger partial charge in [0.25, 0.3) is 0 Å². The molecule has 0 saturated carbocycles. The van der Waals surface area contributed by atoms with Crippen molar-refractivity contribution in [3.63, 3.8) is 0 Å². The van der Waals surface area contributed by atoms with E-state index in [4.69, 9.17) is 5.73 Å². The highest BCUT2D eigenvalue weighted by Gasteiger charge is 2.13. The molecule has 0 aliphatic heterocycles. The topological polar surface area (TPSA) is 38.9 Å². The Morgan fingerprint density at radius 3 is 2.55 bits per heavy atom. The number of aryl methyl sites for hydroxylation is 2. The van der Waals surface area contributed by atoms with Crippen LogP contribution in [0.1, 0.15) is 28.4 Å². The van der Waals surface area contributed by atoms with Crippen LogP contribution in [0.15, 0.2) is 54.6 Å². The Kier molecular flexibility index (Phi) is 3.25. The zero-order valence-electron chi connectivity index (χ0n) is 11.8. The summed E-state index contributed by atoms with van der Waals surface area (Å²) in [5.74, 6) is 0. The van der Waals surface area contributed by atoms with Crippen molar-refractivity contribution in [3.05, 3.63) is 77.0 Å². The van der Waals surface area contributed by atoms with Crippen molar-refractivity contribution in [2.45, 2.75) is 19.9 Å². The van der Waals surface area contributed by atoms with Gasteiger partial charge in [0.05, 0.1) is 11.6 Å². The largest absolute Gasteiger partial charge is 0.320 e. The number of pyridine rings is 1. The lowest BCUT2D eigenvalue weighted by Gasteiger charge is -2.16. The number of aromatic nitrogens is 1. The van der Waals surface area contributed by atoms with Gasteiger partial charge >= 0.3 is 0 Å². The smallest absolute Gasteiger partial charge is 0.0708 e. The van der Waals surface area contributed by atoms with Gasteiger partial charge < -0.3 is 5.73 Å². The molecule has 0 fully saturated rings. The number of para-hydroxylation sites is 1. The third kappa shape index (κ3) is 2.30. The van der Waals surface area contributed by atoms with Crippen LogP contribution in [0.3, 0.4) is 0 Å². The molecular formula is C18H18N2. The highest BCUT2D eigenvalue weighted by molar-refractivity contribution is 5.83. The molecule has 2 nitrogen and oxygen atoms in total. The quantitative estimate of drug-likeness (QED) is 0.760. The van der Waals surface area contributed by atoms with Crippen LogP contribution in [0.5, 0.6) is 0 Å². The molecule has 1 atom stereocenters. The second kappa shape index (κ2) is 5.06. The molecule has 0 bridgehead atoms. The van der Waals surface area contributed by atoms with E-state index < -0.39 is 0 Å². The van der Waals surface area contributed by atoms with Crippen LogP contribution < -0.4 is 5.73 Å². The first-order chi connectivity index (χ1) is 9.65. The Balaban J connectivity index is 2.18. The summed E-state index contributed by atoms with van der Waals surface area (Å²) in [5.41, 5.74) is 12.0. The van der Waals surface area contributed by atoms with Crippen molar-refractivity contribution in [1.82, 2.24) is 4.98 Å². The minimum Gasteiger partial charge on any atom is -0.320 e. The molecule has 0 radical (unpaired) electrons. The molecule has 2 aromatic carbocycles. The number of fused-ring (bicyclic) bond motifs is 1. The van der Waals surface area contributed by atoms with Crippen LogP contribution in [0.25, 0.3) is 10.9 Å². The maximum absolute atomic E-state index is 6.49. The fourth-order valence-electron chi connectivity index (χ4n) is 2.64. The van der Waals surface area contributed by atoms with Gasteiger partial charge in [-0.15, -0.1) is 0 Å². The van der Waals surface area contributed by atoms with Crippen molar-refractivity contribution in [2.24, 2.45) is 5.73 Å². The Morgan fingerprint density at radius 1 is 0.950 bits per heavy atom. The van der Waals surface area contributed by atoms with E-state index in [9.17, 15) is 0 Å². The van der Waals surface area contributed by atoms with Crippen LogP contribution in [-0.4, -0.2) is 4.98 Å². The molecule has 1 heterocycles. The normalized spacial score (nSPS) is 12.6. The summed E-state index contributed by atoms with van der Waals surface area (Å²) >= 11 is 0. The second-order valence-electron chi connectivity index (χ2n) is 5.26. The third-order valence-corrected chi connectivity index (χ3v) is 3.61. The van der Waals surface area contributed by atoms with Crippen LogP contribution in [-0.2, 0) is 0 Å². The van der Waals surface area contributed by atoms with Crippen LogP contribution in [0.2, 0.25) is 0 Å². The lowest BCUT2D eigenvalue weighted by molar-refractivity contribution is 0.874. The SMILES string of the molecule is Cc1cccc(C(N)c2cc(C)nc3ccccc23)c1. The van der Waals surface area contributed by atoms with Gasteiger partial charge in [0.15, 0.2) is 0 Å². The second-order valence-corrected chi connectivity index (χ2v) is 5.26. The van der Waals surface area contributed by atoms with E-state index in [-0.39, 0.29) is 6.04 Å². The standard InChI is InChI=1S/C18H18N2/c1-12-6-5-7-14(10-12)18(19)16-11-13(2)20-17-9-4-3-8-15(16)17/h3-11,18H,19H2,1-2H3. The van der Waals surface area contributed by atoms with Crippen LogP contribution in [0.4, 0.5) is 0 Å². The minimum absolute atomic E-state index is 0.124. The van der Waals surface area contributed by atoms with E-state index in [1.165, 1.54) is 5.56 Å². The van der Waals surface area contributed by atoms with Gasteiger partial charge in [-0.05, 0) is 37.1 Å². The molecule has 0 amide bonds. The number of hydrogen-bond donors (Lipinski definition) is 1. The zero-order chi connectivity index (χ0) is 14.1. The van der Waals surface area contributed by atoms with Crippen molar-refractivity contribution >= 4 is 10.9 Å². The Hall–Kier alpha value is -2.19. The van der Waals surface area contributed by atoms with Gasteiger partial charge in [-0.2, -0.15) is 0 Å². The molecule has 3 aromatic rings. The molecule has 0 aliphatic rings. The fraction of sp³-hybridized carbons (Fsp3) is 0.167. The molecular weight excluding hydrogens is 244 g/mol. The molecule has 3 rings (SSSR count). The third-order valence-electron chi connectivity index (χ3n) is 3.61. The maximum atomic E-state index is 6.49.